The lowest BCUT2D eigenvalue weighted by molar-refractivity contribution is -0.00192. The fourth-order valence-electron chi connectivity index (χ4n) is 2.36. The predicted octanol–water partition coefficient (Wildman–Crippen LogP) is 4.92. The Morgan fingerprint density at radius 2 is 1.72 bits per heavy atom. The SMILES string of the molecule is C[C@@H](OC[C@@H](O)CNCCc1ccc(Cl)cc1Cl)c1ccc(Cl)cc1. The fourth-order valence-corrected chi connectivity index (χ4v) is 2.99. The van der Waals surface area contributed by atoms with Crippen LogP contribution < -0.4 is 5.32 Å². The van der Waals surface area contributed by atoms with Gasteiger partial charge in [0, 0.05) is 21.6 Å². The summed E-state index contributed by atoms with van der Waals surface area (Å²) in [5.74, 6) is 0. The number of hydrogen-bond donors (Lipinski definition) is 2. The van der Waals surface area contributed by atoms with Crippen molar-refractivity contribution >= 4 is 34.8 Å². The van der Waals surface area contributed by atoms with E-state index in [1.807, 2.05) is 43.3 Å². The molecule has 136 valence electrons. The van der Waals surface area contributed by atoms with Crippen LogP contribution in [0.3, 0.4) is 0 Å². The molecule has 0 aliphatic carbocycles. The summed E-state index contributed by atoms with van der Waals surface area (Å²) in [5, 5.41) is 15.2. The van der Waals surface area contributed by atoms with Gasteiger partial charge in [0.2, 0.25) is 0 Å². The lowest BCUT2D eigenvalue weighted by atomic mass is 10.1. The molecular formula is C19H22Cl3NO2. The molecule has 0 unspecified atom stereocenters. The molecule has 0 radical (unpaired) electrons. The summed E-state index contributed by atoms with van der Waals surface area (Å²) in [6.07, 6.45) is 0.0975. The van der Waals surface area contributed by atoms with Crippen molar-refractivity contribution in [1.82, 2.24) is 5.32 Å². The van der Waals surface area contributed by atoms with Gasteiger partial charge in [-0.25, -0.2) is 0 Å². The van der Waals surface area contributed by atoms with Crippen LogP contribution in [0.1, 0.15) is 24.2 Å². The summed E-state index contributed by atoms with van der Waals surface area (Å²) in [6.45, 7) is 3.38. The van der Waals surface area contributed by atoms with E-state index in [1.54, 1.807) is 6.07 Å². The van der Waals surface area contributed by atoms with Crippen LogP contribution in [-0.2, 0) is 11.2 Å². The van der Waals surface area contributed by atoms with Crippen LogP contribution in [0.4, 0.5) is 0 Å². The fraction of sp³-hybridized carbons (Fsp3) is 0.368. The highest BCUT2D eigenvalue weighted by molar-refractivity contribution is 6.35. The highest BCUT2D eigenvalue weighted by Gasteiger charge is 2.10. The van der Waals surface area contributed by atoms with E-state index in [4.69, 9.17) is 39.5 Å². The van der Waals surface area contributed by atoms with E-state index in [-0.39, 0.29) is 12.7 Å². The Balaban J connectivity index is 1.65. The lowest BCUT2D eigenvalue weighted by Crippen LogP contribution is -2.32. The monoisotopic (exact) mass is 401 g/mol. The number of ether oxygens (including phenoxy) is 1. The van der Waals surface area contributed by atoms with Gasteiger partial charge in [0.05, 0.1) is 18.8 Å². The lowest BCUT2D eigenvalue weighted by Gasteiger charge is -2.17. The Labute approximate surface area is 163 Å². The predicted molar refractivity (Wildman–Crippen MR) is 105 cm³/mol. The first-order valence-corrected chi connectivity index (χ1v) is 9.29. The van der Waals surface area contributed by atoms with Crippen molar-refractivity contribution in [2.75, 3.05) is 19.7 Å². The maximum Gasteiger partial charge on any atom is 0.0897 e. The van der Waals surface area contributed by atoms with Gasteiger partial charge >= 0.3 is 0 Å². The molecular weight excluding hydrogens is 381 g/mol. The second-order valence-electron chi connectivity index (χ2n) is 5.87. The number of aliphatic hydroxyl groups excluding tert-OH is 1. The van der Waals surface area contributed by atoms with Crippen molar-refractivity contribution < 1.29 is 9.84 Å². The van der Waals surface area contributed by atoms with Crippen LogP contribution in [0.15, 0.2) is 42.5 Å². The van der Waals surface area contributed by atoms with E-state index in [0.717, 1.165) is 17.5 Å². The van der Waals surface area contributed by atoms with Gasteiger partial charge in [0.15, 0.2) is 0 Å². The van der Waals surface area contributed by atoms with Gasteiger partial charge < -0.3 is 15.2 Å². The highest BCUT2D eigenvalue weighted by Crippen LogP contribution is 2.21. The Kier molecular flexibility index (Phi) is 8.50. The third kappa shape index (κ3) is 7.14. The van der Waals surface area contributed by atoms with Crippen LogP contribution in [-0.4, -0.2) is 30.9 Å². The molecule has 0 aromatic heterocycles. The van der Waals surface area contributed by atoms with E-state index in [0.29, 0.717) is 28.2 Å². The number of nitrogens with one attached hydrogen (secondary N) is 1. The third-order valence-corrected chi connectivity index (χ3v) is 4.68. The van der Waals surface area contributed by atoms with E-state index in [2.05, 4.69) is 5.32 Å². The minimum absolute atomic E-state index is 0.0974. The van der Waals surface area contributed by atoms with E-state index >= 15 is 0 Å². The zero-order valence-electron chi connectivity index (χ0n) is 14.0. The Bertz CT molecular complexity index is 664. The topological polar surface area (TPSA) is 41.5 Å². The van der Waals surface area contributed by atoms with Crippen LogP contribution in [0.25, 0.3) is 0 Å². The van der Waals surface area contributed by atoms with Crippen molar-refractivity contribution in [3.8, 4) is 0 Å². The first-order chi connectivity index (χ1) is 12.0. The van der Waals surface area contributed by atoms with Crippen molar-refractivity contribution in [2.24, 2.45) is 0 Å². The number of rotatable bonds is 9. The molecule has 3 nitrogen and oxygen atoms in total. The van der Waals surface area contributed by atoms with Gasteiger partial charge in [0.25, 0.3) is 0 Å². The molecule has 0 aliphatic heterocycles. The van der Waals surface area contributed by atoms with Crippen molar-refractivity contribution in [2.45, 2.75) is 25.6 Å². The molecule has 2 aromatic carbocycles. The first-order valence-electron chi connectivity index (χ1n) is 8.15. The largest absolute Gasteiger partial charge is 0.389 e. The molecule has 0 amide bonds. The number of halogens is 3. The molecule has 25 heavy (non-hydrogen) atoms. The van der Waals surface area contributed by atoms with E-state index < -0.39 is 6.10 Å². The first kappa shape index (κ1) is 20.5. The smallest absolute Gasteiger partial charge is 0.0897 e. The summed E-state index contributed by atoms with van der Waals surface area (Å²) in [5.41, 5.74) is 2.06. The summed E-state index contributed by atoms with van der Waals surface area (Å²) < 4.78 is 5.71. The molecule has 2 N–H and O–H groups in total. The average molecular weight is 403 g/mol. The van der Waals surface area contributed by atoms with Crippen LogP contribution in [0.5, 0.6) is 0 Å². The van der Waals surface area contributed by atoms with Crippen LogP contribution in [0, 0.1) is 0 Å². The maximum atomic E-state index is 10.0. The van der Waals surface area contributed by atoms with E-state index in [9.17, 15) is 5.11 Å². The zero-order valence-corrected chi connectivity index (χ0v) is 16.3. The molecule has 2 atom stereocenters. The van der Waals surface area contributed by atoms with Gasteiger partial charge in [-0.3, -0.25) is 0 Å². The zero-order chi connectivity index (χ0) is 18.2. The molecule has 0 bridgehead atoms. The minimum atomic E-state index is -0.574. The van der Waals surface area contributed by atoms with Gasteiger partial charge in [0.1, 0.15) is 0 Å². The Morgan fingerprint density at radius 1 is 1.04 bits per heavy atom. The number of hydrogen-bond acceptors (Lipinski definition) is 3. The van der Waals surface area contributed by atoms with Crippen LogP contribution in [0.2, 0.25) is 15.1 Å². The Morgan fingerprint density at radius 3 is 2.40 bits per heavy atom. The van der Waals surface area contributed by atoms with Gasteiger partial charge in [-0.15, -0.1) is 0 Å². The standard InChI is InChI=1S/C19H22Cl3NO2/c1-13(14-2-5-16(20)6-3-14)25-12-18(24)11-23-9-8-15-4-7-17(21)10-19(15)22/h2-7,10,13,18,23-24H,8-9,11-12H2,1H3/t13-,18+/m1/s1. The molecule has 0 spiro atoms. The number of aliphatic hydroxyl groups is 1. The molecule has 2 aromatic rings. The van der Waals surface area contributed by atoms with Crippen molar-refractivity contribution in [3.05, 3.63) is 68.7 Å². The molecule has 0 fully saturated rings. The molecule has 0 aliphatic rings. The average Bonchev–Trinajstić information content (AvgIpc) is 2.58. The maximum absolute atomic E-state index is 10.0. The molecule has 0 saturated heterocycles. The van der Waals surface area contributed by atoms with Gasteiger partial charge in [-0.1, -0.05) is 53.0 Å². The second kappa shape index (κ2) is 10.4. The third-order valence-electron chi connectivity index (χ3n) is 3.84. The molecule has 0 saturated carbocycles. The second-order valence-corrected chi connectivity index (χ2v) is 7.15. The molecule has 0 heterocycles. The number of benzene rings is 2. The minimum Gasteiger partial charge on any atom is -0.389 e. The van der Waals surface area contributed by atoms with Gasteiger partial charge in [-0.2, -0.15) is 0 Å². The quantitative estimate of drug-likeness (QED) is 0.585. The summed E-state index contributed by atoms with van der Waals surface area (Å²) in [7, 11) is 0. The summed E-state index contributed by atoms with van der Waals surface area (Å²) in [4.78, 5) is 0. The molecule has 6 heteroatoms. The normalized spacial score (nSPS) is 13.6. The Hall–Kier alpha value is -0.810. The summed E-state index contributed by atoms with van der Waals surface area (Å²) >= 11 is 17.9. The van der Waals surface area contributed by atoms with Crippen molar-refractivity contribution in [1.29, 1.82) is 0 Å². The summed E-state index contributed by atoms with van der Waals surface area (Å²) in [6, 6.07) is 13.0. The highest BCUT2D eigenvalue weighted by atomic mass is 35.5. The molecule has 2 rings (SSSR count). The van der Waals surface area contributed by atoms with Gasteiger partial charge in [-0.05, 0) is 55.3 Å². The van der Waals surface area contributed by atoms with E-state index in [1.165, 1.54) is 0 Å². The van der Waals surface area contributed by atoms with Crippen LogP contribution >= 0.6 is 34.8 Å². The van der Waals surface area contributed by atoms with Crippen molar-refractivity contribution in [3.63, 3.8) is 0 Å².